The largest absolute Gasteiger partial charge is 0.456 e. The first-order chi connectivity index (χ1) is 26.8. The first-order valence-corrected chi connectivity index (χ1v) is 18.5. The number of furan rings is 2. The second kappa shape index (κ2) is 11.2. The molecule has 54 heavy (non-hydrogen) atoms. The van der Waals surface area contributed by atoms with Crippen molar-refractivity contribution in [1.82, 2.24) is 0 Å². The van der Waals surface area contributed by atoms with Crippen molar-refractivity contribution in [3.05, 3.63) is 182 Å². The van der Waals surface area contributed by atoms with Crippen LogP contribution in [0.4, 0.5) is 0 Å². The van der Waals surface area contributed by atoms with Crippen molar-refractivity contribution in [3.63, 3.8) is 0 Å². The van der Waals surface area contributed by atoms with Crippen molar-refractivity contribution in [2.24, 2.45) is 0 Å². The zero-order valence-corrected chi connectivity index (χ0v) is 29.1. The standard InChI is InChI=1S/C52H30O2/c1-2-12-37-31(10-1)11-9-18-38(37)50-41-15-5-3-13-39(41)49(40-14-4-6-16-42(40)50)36-23-22-32-28-33(20-21-34(32)29-36)35-24-25-46-44(30-35)52-48(54-46)27-26-47-51(52)43-17-7-8-19-45(43)53-47/h1-30H. The van der Waals surface area contributed by atoms with Crippen LogP contribution < -0.4 is 0 Å². The van der Waals surface area contributed by atoms with E-state index in [2.05, 4.69) is 158 Å². The highest BCUT2D eigenvalue weighted by molar-refractivity contribution is 6.26. The number of para-hydroxylation sites is 1. The smallest absolute Gasteiger partial charge is 0.136 e. The highest BCUT2D eigenvalue weighted by Crippen LogP contribution is 2.46. The molecule has 0 aliphatic rings. The molecule has 0 atom stereocenters. The van der Waals surface area contributed by atoms with Gasteiger partial charge in [-0.2, -0.15) is 0 Å². The second-order valence-electron chi connectivity index (χ2n) is 14.4. The van der Waals surface area contributed by atoms with Crippen LogP contribution in [0, 0.1) is 0 Å². The molecule has 12 aromatic rings. The Morgan fingerprint density at radius 1 is 0.259 bits per heavy atom. The van der Waals surface area contributed by atoms with E-state index in [9.17, 15) is 0 Å². The van der Waals surface area contributed by atoms with Crippen molar-refractivity contribution >= 4 is 87.0 Å². The third-order valence-electron chi connectivity index (χ3n) is 11.4. The lowest BCUT2D eigenvalue weighted by molar-refractivity contribution is 0.663. The average Bonchev–Trinajstić information content (AvgIpc) is 3.80. The Hall–Kier alpha value is -7.16. The van der Waals surface area contributed by atoms with Gasteiger partial charge in [-0.25, -0.2) is 0 Å². The summed E-state index contributed by atoms with van der Waals surface area (Å²) < 4.78 is 12.6. The molecule has 0 spiro atoms. The number of rotatable bonds is 3. The van der Waals surface area contributed by atoms with E-state index in [0.717, 1.165) is 49.4 Å². The molecule has 0 N–H and O–H groups in total. The van der Waals surface area contributed by atoms with Gasteiger partial charge in [-0.3, -0.25) is 0 Å². The fourth-order valence-corrected chi connectivity index (χ4v) is 9.02. The molecule has 250 valence electrons. The summed E-state index contributed by atoms with van der Waals surface area (Å²) in [6, 6.07) is 65.8. The Balaban J connectivity index is 1.02. The number of benzene rings is 10. The average molecular weight is 687 g/mol. The Labute approximate surface area is 310 Å². The maximum Gasteiger partial charge on any atom is 0.136 e. The van der Waals surface area contributed by atoms with Crippen molar-refractivity contribution in [2.75, 3.05) is 0 Å². The summed E-state index contributed by atoms with van der Waals surface area (Å²) >= 11 is 0. The van der Waals surface area contributed by atoms with E-state index in [4.69, 9.17) is 8.83 Å². The lowest BCUT2D eigenvalue weighted by Gasteiger charge is -2.19. The molecule has 0 aliphatic carbocycles. The van der Waals surface area contributed by atoms with E-state index in [1.807, 2.05) is 24.3 Å². The molecule has 10 aromatic carbocycles. The highest BCUT2D eigenvalue weighted by atomic mass is 16.3. The zero-order chi connectivity index (χ0) is 35.3. The van der Waals surface area contributed by atoms with E-state index in [0.29, 0.717) is 0 Å². The predicted octanol–water partition coefficient (Wildman–Crippen LogP) is 15.1. The van der Waals surface area contributed by atoms with Crippen LogP contribution >= 0.6 is 0 Å². The maximum absolute atomic E-state index is 6.37. The van der Waals surface area contributed by atoms with E-state index >= 15 is 0 Å². The van der Waals surface area contributed by atoms with Gasteiger partial charge in [0.15, 0.2) is 0 Å². The van der Waals surface area contributed by atoms with Crippen LogP contribution in [0.5, 0.6) is 0 Å². The summed E-state index contributed by atoms with van der Waals surface area (Å²) in [5.41, 5.74) is 10.9. The Morgan fingerprint density at radius 3 is 1.46 bits per heavy atom. The summed E-state index contributed by atoms with van der Waals surface area (Å²) in [4.78, 5) is 0. The first-order valence-electron chi connectivity index (χ1n) is 18.5. The fourth-order valence-electron chi connectivity index (χ4n) is 9.02. The van der Waals surface area contributed by atoms with Gasteiger partial charge < -0.3 is 8.83 Å². The minimum absolute atomic E-state index is 0.873. The van der Waals surface area contributed by atoms with Crippen LogP contribution in [0.3, 0.4) is 0 Å². The van der Waals surface area contributed by atoms with Gasteiger partial charge in [-0.15, -0.1) is 0 Å². The zero-order valence-electron chi connectivity index (χ0n) is 29.1. The summed E-state index contributed by atoms with van der Waals surface area (Å²) in [5.74, 6) is 0. The molecule has 0 amide bonds. The molecular weight excluding hydrogens is 657 g/mol. The van der Waals surface area contributed by atoms with Crippen molar-refractivity contribution < 1.29 is 8.83 Å². The van der Waals surface area contributed by atoms with Crippen molar-refractivity contribution in [2.45, 2.75) is 0 Å². The summed E-state index contributed by atoms with van der Waals surface area (Å²) in [5, 5.41) is 14.4. The van der Waals surface area contributed by atoms with Gasteiger partial charge in [0, 0.05) is 21.5 Å². The van der Waals surface area contributed by atoms with Crippen LogP contribution in [-0.4, -0.2) is 0 Å². The van der Waals surface area contributed by atoms with Crippen LogP contribution in [0.2, 0.25) is 0 Å². The molecule has 2 heterocycles. The lowest BCUT2D eigenvalue weighted by atomic mass is 9.84. The van der Waals surface area contributed by atoms with Crippen molar-refractivity contribution in [1.29, 1.82) is 0 Å². The third-order valence-corrected chi connectivity index (χ3v) is 11.4. The molecule has 0 unspecified atom stereocenters. The molecule has 2 nitrogen and oxygen atoms in total. The number of hydrogen-bond acceptors (Lipinski definition) is 2. The molecule has 0 bridgehead atoms. The molecule has 2 aromatic heterocycles. The van der Waals surface area contributed by atoms with Crippen LogP contribution in [0.15, 0.2) is 191 Å². The van der Waals surface area contributed by atoms with Crippen LogP contribution in [0.1, 0.15) is 0 Å². The van der Waals surface area contributed by atoms with Crippen LogP contribution in [-0.2, 0) is 0 Å². The Bertz CT molecular complexity index is 3440. The Kier molecular flexibility index (Phi) is 6.09. The quantitative estimate of drug-likeness (QED) is 0.173. The minimum atomic E-state index is 0.873. The van der Waals surface area contributed by atoms with E-state index in [1.165, 1.54) is 70.9 Å². The van der Waals surface area contributed by atoms with E-state index in [1.54, 1.807) is 0 Å². The molecule has 0 saturated carbocycles. The molecule has 0 saturated heterocycles. The summed E-state index contributed by atoms with van der Waals surface area (Å²) in [7, 11) is 0. The topological polar surface area (TPSA) is 26.3 Å². The maximum atomic E-state index is 6.37. The van der Waals surface area contributed by atoms with E-state index < -0.39 is 0 Å². The third kappa shape index (κ3) is 4.22. The SMILES string of the molecule is c1ccc2c(-c3c4ccccc4c(-c4ccc5cc(-c6ccc7oc8ccc9oc%10ccccc%10c9c8c7c6)ccc5c4)c4ccccc34)cccc2c1. The molecule has 12 rings (SSSR count). The lowest BCUT2D eigenvalue weighted by Crippen LogP contribution is -1.91. The second-order valence-corrected chi connectivity index (χ2v) is 14.4. The summed E-state index contributed by atoms with van der Waals surface area (Å²) in [6.45, 7) is 0. The number of hydrogen-bond donors (Lipinski definition) is 0. The predicted molar refractivity (Wildman–Crippen MR) is 227 cm³/mol. The molecule has 2 heteroatoms. The van der Waals surface area contributed by atoms with Gasteiger partial charge in [-0.1, -0.05) is 140 Å². The van der Waals surface area contributed by atoms with Gasteiger partial charge >= 0.3 is 0 Å². The minimum Gasteiger partial charge on any atom is -0.456 e. The van der Waals surface area contributed by atoms with Gasteiger partial charge in [0.2, 0.25) is 0 Å². The Morgan fingerprint density at radius 2 is 0.741 bits per heavy atom. The number of fused-ring (bicyclic) bond motifs is 11. The molecule has 0 radical (unpaired) electrons. The highest BCUT2D eigenvalue weighted by Gasteiger charge is 2.19. The van der Waals surface area contributed by atoms with E-state index in [-0.39, 0.29) is 0 Å². The van der Waals surface area contributed by atoms with Gasteiger partial charge in [0.25, 0.3) is 0 Å². The molecule has 0 fully saturated rings. The van der Waals surface area contributed by atoms with Gasteiger partial charge in [0.05, 0.1) is 0 Å². The van der Waals surface area contributed by atoms with Crippen LogP contribution in [0.25, 0.3) is 120 Å². The van der Waals surface area contributed by atoms with Gasteiger partial charge in [0.1, 0.15) is 22.3 Å². The molecule has 0 aliphatic heterocycles. The molecular formula is C52H30O2. The normalized spacial score (nSPS) is 12.1. The van der Waals surface area contributed by atoms with Crippen molar-refractivity contribution in [3.8, 4) is 33.4 Å². The fraction of sp³-hybridized carbons (Fsp3) is 0. The summed E-state index contributed by atoms with van der Waals surface area (Å²) in [6.07, 6.45) is 0. The monoisotopic (exact) mass is 686 g/mol. The first kappa shape index (κ1) is 29.4. The van der Waals surface area contributed by atoms with Gasteiger partial charge in [-0.05, 0) is 119 Å².